The van der Waals surface area contributed by atoms with Gasteiger partial charge in [-0.05, 0) is 201 Å². The van der Waals surface area contributed by atoms with E-state index in [2.05, 4.69) is 378 Å². The van der Waals surface area contributed by atoms with Crippen LogP contribution in [0, 0.1) is 17.8 Å². The Hall–Kier alpha value is -12.0. The van der Waals surface area contributed by atoms with Gasteiger partial charge >= 0.3 is 0 Å². The maximum absolute atomic E-state index is 2.27. The Kier molecular flexibility index (Phi) is 41.8. The van der Waals surface area contributed by atoms with Crippen LogP contribution in [0.2, 0.25) is 0 Å². The van der Waals surface area contributed by atoms with Gasteiger partial charge in [-0.3, -0.25) is 0 Å². The number of hydrogen-bond acceptors (Lipinski definition) is 0. The summed E-state index contributed by atoms with van der Waals surface area (Å²) in [6.45, 7) is 55.5. The maximum atomic E-state index is 2.27. The van der Waals surface area contributed by atoms with E-state index in [4.69, 9.17) is 0 Å². The molecular weight excluding hydrogens is 1470 g/mol. The Labute approximate surface area is 734 Å². The molecule has 122 heavy (non-hydrogen) atoms. The van der Waals surface area contributed by atoms with E-state index in [0.29, 0.717) is 0 Å². The molecule has 0 aliphatic carbocycles. The summed E-state index contributed by atoms with van der Waals surface area (Å²) in [5.74, 6) is 2.50. The van der Waals surface area contributed by atoms with Gasteiger partial charge in [0.15, 0.2) is 0 Å². The Morgan fingerprint density at radius 3 is 0.287 bits per heavy atom. The normalized spacial score (nSPS) is 10.1. The molecule has 0 amide bonds. The molecular formula is C122H142. The van der Waals surface area contributed by atoms with Gasteiger partial charge in [-0.15, -0.1) is 0 Å². The lowest BCUT2D eigenvalue weighted by Crippen LogP contribution is -1.89. The smallest absolute Gasteiger partial charge is 0.00141 e. The zero-order valence-electron chi connectivity index (χ0n) is 79.2. The molecule has 0 heteroatoms. The van der Waals surface area contributed by atoms with E-state index >= 15 is 0 Å². The largest absolute Gasteiger partial charge is 0.0683 e. The third-order valence-corrected chi connectivity index (χ3v) is 19.4. The van der Waals surface area contributed by atoms with E-state index in [-0.39, 0.29) is 0 Å². The predicted molar refractivity (Wildman–Crippen MR) is 567 cm³/mol. The van der Waals surface area contributed by atoms with Crippen LogP contribution in [0.4, 0.5) is 0 Å². The first kappa shape index (κ1) is 98.9. The van der Waals surface area contributed by atoms with Crippen molar-refractivity contribution in [1.82, 2.24) is 0 Å². The predicted octanol–water partition coefficient (Wildman–Crippen LogP) is 40.6. The van der Waals surface area contributed by atoms with Crippen LogP contribution in [0.15, 0.2) is 352 Å². The summed E-state index contributed by atoms with van der Waals surface area (Å²) in [4.78, 5) is 0. The Morgan fingerprint density at radius 1 is 0.0984 bits per heavy atom. The molecule has 0 heterocycles. The number of rotatable bonds is 0. The summed E-state index contributed by atoms with van der Waals surface area (Å²) < 4.78 is 0. The lowest BCUT2D eigenvalue weighted by molar-refractivity contribution is 0.736. The number of hydrogen-bond donors (Lipinski definition) is 0. The molecule has 0 bridgehead atoms. The Balaban J connectivity index is 0.000000216. The minimum absolute atomic E-state index is 0.833. The molecule has 630 valence electrons. The fraction of sp³-hybridized carbons (Fsp3) is 0.246. The van der Waals surface area contributed by atoms with Crippen molar-refractivity contribution in [2.75, 3.05) is 0 Å². The molecule has 0 aliphatic rings. The maximum Gasteiger partial charge on any atom is -0.00141 e. The molecule has 0 atom stereocenters. The highest BCUT2D eigenvalue weighted by molar-refractivity contribution is 6.40. The van der Waals surface area contributed by atoms with Crippen LogP contribution < -0.4 is 0 Å². The van der Waals surface area contributed by atoms with Crippen LogP contribution in [-0.4, -0.2) is 0 Å². The first-order valence-corrected chi connectivity index (χ1v) is 46.2. The summed E-state index contributed by atoms with van der Waals surface area (Å²) in [5.41, 5.74) is 0. The molecule has 0 saturated carbocycles. The molecule has 0 aliphatic heterocycles. The molecule has 0 spiro atoms. The van der Waals surface area contributed by atoms with Crippen molar-refractivity contribution in [3.05, 3.63) is 352 Å². The summed E-state index contributed by atoms with van der Waals surface area (Å²) in [5, 5.41) is 46.4. The van der Waals surface area contributed by atoms with Crippen molar-refractivity contribution >= 4 is 183 Å². The van der Waals surface area contributed by atoms with Crippen LogP contribution in [0.3, 0.4) is 0 Å². The average Bonchev–Trinajstić information content (AvgIpc) is 0.701. The molecule has 23 aromatic rings. The van der Waals surface area contributed by atoms with E-state index in [0.717, 1.165) is 17.8 Å². The lowest BCUT2D eigenvalue weighted by atomic mass is 9.86. The van der Waals surface area contributed by atoms with Crippen molar-refractivity contribution in [3.63, 3.8) is 0 Å². The van der Waals surface area contributed by atoms with Gasteiger partial charge in [-0.2, -0.15) is 0 Å². The highest BCUT2D eigenvalue weighted by atomic mass is 14.2. The van der Waals surface area contributed by atoms with Gasteiger partial charge in [0.1, 0.15) is 0 Å². The van der Waals surface area contributed by atoms with Crippen molar-refractivity contribution in [2.45, 2.75) is 187 Å². The van der Waals surface area contributed by atoms with Crippen LogP contribution in [0.25, 0.3) is 183 Å². The lowest BCUT2D eigenvalue weighted by Gasteiger charge is -2.17. The first-order valence-electron chi connectivity index (χ1n) is 46.2. The molecule has 0 nitrogen and oxygen atoms in total. The standard InChI is InChI=1S/C22H12.4C16H10.C6H6.3C4H10.9C2H6/c1-3-13-7-9-15-11-12-16-10-8-14-4-2-6-18-17(5-1)19(13)21(15)22(16)20(14)18;4*1-3-11-7-9-13-5-2-6-14-10-8-12(4-1)15(11)16(13)14;1-2-4-6-5-3-1;3*1-4(2)3;9*1-2/h1-12H;4*1-10H;1-6H;3*4H,1-3H3;9*1-2H3. The van der Waals surface area contributed by atoms with Gasteiger partial charge < -0.3 is 0 Å². The van der Waals surface area contributed by atoms with Crippen molar-refractivity contribution in [1.29, 1.82) is 0 Å². The van der Waals surface area contributed by atoms with Gasteiger partial charge in [-0.1, -0.05) is 539 Å². The monoisotopic (exact) mass is 1610 g/mol. The van der Waals surface area contributed by atoms with Crippen LogP contribution in [0.5, 0.6) is 0 Å². The summed E-state index contributed by atoms with van der Waals surface area (Å²) in [7, 11) is 0. The third kappa shape index (κ3) is 23.6. The second kappa shape index (κ2) is 51.6. The van der Waals surface area contributed by atoms with Gasteiger partial charge in [0, 0.05) is 0 Å². The van der Waals surface area contributed by atoms with Gasteiger partial charge in [0.25, 0.3) is 0 Å². The van der Waals surface area contributed by atoms with E-state index in [1.807, 2.05) is 161 Å². The topological polar surface area (TPSA) is 0 Å². The molecule has 0 N–H and O–H groups in total. The van der Waals surface area contributed by atoms with E-state index in [1.165, 1.54) is 183 Å². The minimum Gasteiger partial charge on any atom is -0.0683 e. The van der Waals surface area contributed by atoms with Gasteiger partial charge in [0.2, 0.25) is 0 Å². The second-order valence-corrected chi connectivity index (χ2v) is 29.7. The number of fused-ring (bicyclic) bond motifs is 1. The summed E-state index contributed by atoms with van der Waals surface area (Å²) >= 11 is 0. The van der Waals surface area contributed by atoms with E-state index in [9.17, 15) is 0 Å². The minimum atomic E-state index is 0.833. The Morgan fingerprint density at radius 2 is 0.180 bits per heavy atom. The Bertz CT molecular complexity index is 5490. The average molecular weight is 1610 g/mol. The molecule has 23 rings (SSSR count). The van der Waals surface area contributed by atoms with Crippen LogP contribution >= 0.6 is 0 Å². The molecule has 0 saturated heterocycles. The first-order chi connectivity index (χ1) is 59.8. The quantitative estimate of drug-likeness (QED) is 0.105. The van der Waals surface area contributed by atoms with Crippen LogP contribution in [-0.2, 0) is 0 Å². The molecule has 0 fully saturated rings. The van der Waals surface area contributed by atoms with Crippen molar-refractivity contribution in [3.8, 4) is 0 Å². The van der Waals surface area contributed by atoms with Crippen molar-refractivity contribution < 1.29 is 0 Å². The van der Waals surface area contributed by atoms with Crippen LogP contribution in [0.1, 0.15) is 187 Å². The van der Waals surface area contributed by atoms with Crippen molar-refractivity contribution in [2.24, 2.45) is 17.8 Å². The molecule has 0 aromatic heterocycles. The molecule has 23 aromatic carbocycles. The zero-order chi connectivity index (χ0) is 89.4. The SMILES string of the molecule is CC.CC.CC.CC.CC.CC.CC.CC.CC.CC(C)C.CC(C)C.CC(C)C.c1cc2ccc3ccc4ccc5cccc6c(c1)c2c3c4c56.c1cc2ccc3cccc4ccc(c1)c2c34.c1cc2ccc3cccc4ccc(c1)c2c34.c1cc2ccc3cccc4ccc(c1)c2c34.c1cc2ccc3cccc4ccc(c1)c2c34.c1ccccc1. The van der Waals surface area contributed by atoms with E-state index < -0.39 is 0 Å². The third-order valence-electron chi connectivity index (χ3n) is 19.4. The zero-order valence-corrected chi connectivity index (χ0v) is 79.2. The summed E-state index contributed by atoms with van der Waals surface area (Å²) in [6, 6.07) is 126. The molecule has 0 unspecified atom stereocenters. The molecule has 0 radical (unpaired) electrons. The highest BCUT2D eigenvalue weighted by Crippen LogP contribution is 2.45. The highest BCUT2D eigenvalue weighted by Gasteiger charge is 2.17. The van der Waals surface area contributed by atoms with Gasteiger partial charge in [0.05, 0.1) is 0 Å². The van der Waals surface area contributed by atoms with Gasteiger partial charge in [-0.25, -0.2) is 0 Å². The fourth-order valence-corrected chi connectivity index (χ4v) is 15.3. The second-order valence-electron chi connectivity index (χ2n) is 29.7. The van der Waals surface area contributed by atoms with E-state index in [1.54, 1.807) is 0 Å². The number of benzene rings is 23. The summed E-state index contributed by atoms with van der Waals surface area (Å²) in [6.07, 6.45) is 0. The fourth-order valence-electron chi connectivity index (χ4n) is 15.3.